The van der Waals surface area contributed by atoms with Gasteiger partial charge >= 0.3 is 6.18 Å². The molecule has 104 valence electrons. The maximum absolute atomic E-state index is 13.4. The summed E-state index contributed by atoms with van der Waals surface area (Å²) < 4.78 is 64.2. The number of halogens is 5. The molecule has 0 radical (unpaired) electrons. The van der Waals surface area contributed by atoms with Gasteiger partial charge in [-0.05, 0) is 30.9 Å². The van der Waals surface area contributed by atoms with Crippen molar-refractivity contribution in [3.05, 3.63) is 34.9 Å². The third kappa shape index (κ3) is 3.42. The Hall–Kier alpha value is -1.66. The van der Waals surface area contributed by atoms with Crippen LogP contribution >= 0.6 is 0 Å². The number of alkyl halides is 3. The molecule has 1 fully saturated rings. The van der Waals surface area contributed by atoms with Crippen molar-refractivity contribution in [2.24, 2.45) is 11.1 Å². The Bertz CT molecular complexity index is 494. The third-order valence-electron chi connectivity index (χ3n) is 2.70. The molecule has 0 atom stereocenters. The van der Waals surface area contributed by atoms with E-state index in [9.17, 15) is 22.0 Å². The summed E-state index contributed by atoms with van der Waals surface area (Å²) in [6.45, 7) is 0.273. The molecule has 19 heavy (non-hydrogen) atoms. The fourth-order valence-corrected chi connectivity index (χ4v) is 1.46. The van der Waals surface area contributed by atoms with Gasteiger partial charge in [-0.3, -0.25) is 0 Å². The lowest BCUT2D eigenvalue weighted by Gasteiger charge is -2.10. The van der Waals surface area contributed by atoms with E-state index in [-0.39, 0.29) is 6.61 Å². The number of hydrogen-bond acceptors (Lipinski definition) is 2. The van der Waals surface area contributed by atoms with E-state index >= 15 is 0 Å². The number of rotatable bonds is 4. The van der Waals surface area contributed by atoms with Gasteiger partial charge in [-0.2, -0.15) is 13.2 Å². The average molecular weight is 279 g/mol. The molecule has 0 spiro atoms. The Morgan fingerprint density at radius 2 is 1.95 bits per heavy atom. The van der Waals surface area contributed by atoms with Crippen LogP contribution in [-0.4, -0.2) is 12.8 Å². The number of oxime groups is 1. The Labute approximate surface area is 105 Å². The van der Waals surface area contributed by atoms with E-state index in [1.807, 2.05) is 0 Å². The molecule has 2 nitrogen and oxygen atoms in total. The van der Waals surface area contributed by atoms with Gasteiger partial charge in [0, 0.05) is 5.56 Å². The van der Waals surface area contributed by atoms with Crippen molar-refractivity contribution in [3.8, 4) is 0 Å². The molecule has 2 rings (SSSR count). The first-order valence-electron chi connectivity index (χ1n) is 5.60. The van der Waals surface area contributed by atoms with E-state index < -0.39 is 28.9 Å². The van der Waals surface area contributed by atoms with Crippen LogP contribution in [0.25, 0.3) is 0 Å². The van der Waals surface area contributed by atoms with Crippen LogP contribution in [0.2, 0.25) is 0 Å². The minimum Gasteiger partial charge on any atom is -0.396 e. The van der Waals surface area contributed by atoms with Crippen molar-refractivity contribution in [2.45, 2.75) is 19.0 Å². The van der Waals surface area contributed by atoms with Crippen LogP contribution < -0.4 is 0 Å². The molecule has 1 saturated carbocycles. The van der Waals surface area contributed by atoms with Crippen LogP contribution in [0.15, 0.2) is 17.3 Å². The van der Waals surface area contributed by atoms with Crippen molar-refractivity contribution in [1.29, 1.82) is 0 Å². The highest BCUT2D eigenvalue weighted by molar-refractivity contribution is 5.82. The molecule has 0 heterocycles. The van der Waals surface area contributed by atoms with Crippen molar-refractivity contribution in [2.75, 3.05) is 6.61 Å². The fourth-order valence-electron chi connectivity index (χ4n) is 1.46. The largest absolute Gasteiger partial charge is 0.417 e. The van der Waals surface area contributed by atoms with Gasteiger partial charge in [-0.25, -0.2) is 8.78 Å². The van der Waals surface area contributed by atoms with Gasteiger partial charge in [-0.1, -0.05) is 5.16 Å². The van der Waals surface area contributed by atoms with E-state index in [0.717, 1.165) is 12.8 Å². The Morgan fingerprint density at radius 3 is 2.53 bits per heavy atom. The minimum absolute atomic E-state index is 0.273. The van der Waals surface area contributed by atoms with Gasteiger partial charge in [0.1, 0.15) is 6.61 Å². The van der Waals surface area contributed by atoms with Crippen LogP contribution in [0, 0.1) is 17.6 Å². The Morgan fingerprint density at radius 1 is 1.26 bits per heavy atom. The van der Waals surface area contributed by atoms with Gasteiger partial charge in [0.15, 0.2) is 11.6 Å². The van der Waals surface area contributed by atoms with Crippen LogP contribution in [0.3, 0.4) is 0 Å². The molecule has 0 saturated heterocycles. The summed E-state index contributed by atoms with van der Waals surface area (Å²) in [7, 11) is 0. The summed E-state index contributed by atoms with van der Waals surface area (Å²) in [4.78, 5) is 4.74. The SMILES string of the molecule is Fc1ccc(C(F)(F)F)c(C=NOCC2CC2)c1F. The molecular weight excluding hydrogens is 269 g/mol. The quantitative estimate of drug-likeness (QED) is 0.467. The van der Waals surface area contributed by atoms with Gasteiger partial charge < -0.3 is 4.84 Å². The molecule has 1 aliphatic rings. The predicted molar refractivity (Wildman–Crippen MR) is 57.6 cm³/mol. The lowest BCUT2D eigenvalue weighted by Crippen LogP contribution is -2.12. The standard InChI is InChI=1S/C12H10F5NO/c13-10-4-3-9(12(15,16)17)8(11(10)14)5-18-19-6-7-1-2-7/h3-5,7H,1-2,6H2. The summed E-state index contributed by atoms with van der Waals surface area (Å²) in [6, 6.07) is 0.904. The van der Waals surface area contributed by atoms with E-state index in [2.05, 4.69) is 5.16 Å². The van der Waals surface area contributed by atoms with E-state index in [0.29, 0.717) is 24.3 Å². The number of hydrogen-bond donors (Lipinski definition) is 0. The zero-order valence-corrected chi connectivity index (χ0v) is 9.68. The van der Waals surface area contributed by atoms with Crippen molar-refractivity contribution in [1.82, 2.24) is 0 Å². The second-order valence-electron chi connectivity index (χ2n) is 4.29. The summed E-state index contributed by atoms with van der Waals surface area (Å²) in [5.74, 6) is -2.60. The van der Waals surface area contributed by atoms with Crippen molar-refractivity contribution < 1.29 is 26.8 Å². The second-order valence-corrected chi connectivity index (χ2v) is 4.29. The molecule has 0 unspecified atom stereocenters. The van der Waals surface area contributed by atoms with Crippen LogP contribution in [0.1, 0.15) is 24.0 Å². The van der Waals surface area contributed by atoms with Gasteiger partial charge in [0.25, 0.3) is 0 Å². The van der Waals surface area contributed by atoms with Crippen LogP contribution in [0.4, 0.5) is 22.0 Å². The highest BCUT2D eigenvalue weighted by Gasteiger charge is 2.35. The lowest BCUT2D eigenvalue weighted by atomic mass is 10.1. The van der Waals surface area contributed by atoms with Gasteiger partial charge in [0.05, 0.1) is 11.8 Å². The maximum atomic E-state index is 13.4. The summed E-state index contributed by atoms with van der Waals surface area (Å²) in [5, 5.41) is 3.27. The highest BCUT2D eigenvalue weighted by Crippen LogP contribution is 2.33. The van der Waals surface area contributed by atoms with Crippen molar-refractivity contribution in [3.63, 3.8) is 0 Å². The first-order chi connectivity index (χ1) is 8.89. The molecule has 0 amide bonds. The molecule has 0 aromatic heterocycles. The Balaban J connectivity index is 2.22. The normalized spacial score (nSPS) is 16.1. The average Bonchev–Trinajstić information content (AvgIpc) is 3.12. The highest BCUT2D eigenvalue weighted by atomic mass is 19.4. The Kier molecular flexibility index (Phi) is 3.73. The first-order valence-corrected chi connectivity index (χ1v) is 5.60. The summed E-state index contributed by atoms with van der Waals surface area (Å²) in [5.41, 5.74) is -2.24. The molecular formula is C12H10F5NO. The number of benzene rings is 1. The smallest absolute Gasteiger partial charge is 0.396 e. The second kappa shape index (κ2) is 5.14. The number of nitrogens with zero attached hydrogens (tertiary/aromatic N) is 1. The van der Waals surface area contributed by atoms with E-state index in [1.165, 1.54) is 0 Å². The zero-order chi connectivity index (χ0) is 14.0. The first kappa shape index (κ1) is 13.8. The monoisotopic (exact) mass is 279 g/mol. The molecule has 1 aliphatic carbocycles. The van der Waals surface area contributed by atoms with Crippen LogP contribution in [0.5, 0.6) is 0 Å². The molecule has 1 aromatic carbocycles. The molecule has 0 N–H and O–H groups in total. The molecule has 0 bridgehead atoms. The topological polar surface area (TPSA) is 21.6 Å². The van der Waals surface area contributed by atoms with E-state index in [4.69, 9.17) is 4.84 Å². The zero-order valence-electron chi connectivity index (χ0n) is 9.68. The van der Waals surface area contributed by atoms with Gasteiger partial charge in [0.2, 0.25) is 0 Å². The summed E-state index contributed by atoms with van der Waals surface area (Å²) >= 11 is 0. The molecule has 0 aliphatic heterocycles. The maximum Gasteiger partial charge on any atom is 0.417 e. The van der Waals surface area contributed by atoms with Crippen LogP contribution in [-0.2, 0) is 11.0 Å². The minimum atomic E-state index is -4.79. The predicted octanol–water partition coefficient (Wildman–Crippen LogP) is 3.74. The molecule has 7 heteroatoms. The fraction of sp³-hybridized carbons (Fsp3) is 0.417. The summed E-state index contributed by atoms with van der Waals surface area (Å²) in [6.07, 6.45) is -2.26. The van der Waals surface area contributed by atoms with Gasteiger partial charge in [-0.15, -0.1) is 0 Å². The lowest BCUT2D eigenvalue weighted by molar-refractivity contribution is -0.137. The van der Waals surface area contributed by atoms with Crippen molar-refractivity contribution >= 4 is 6.21 Å². The molecule has 1 aromatic rings. The van der Waals surface area contributed by atoms with E-state index in [1.54, 1.807) is 0 Å². The third-order valence-corrected chi connectivity index (χ3v) is 2.70.